The highest BCUT2D eigenvalue weighted by Crippen LogP contribution is 2.69. The van der Waals surface area contributed by atoms with Crippen molar-refractivity contribution in [2.24, 2.45) is 5.73 Å². The Morgan fingerprint density at radius 2 is 1.53 bits per heavy atom. The number of aliphatic hydroxyl groups is 1. The lowest BCUT2D eigenvalue weighted by Crippen LogP contribution is -2.31. The molecule has 1 unspecified atom stereocenters. The van der Waals surface area contributed by atoms with Crippen molar-refractivity contribution in [1.82, 2.24) is 0 Å². The highest BCUT2D eigenvalue weighted by atomic mass is 31.2. The van der Waals surface area contributed by atoms with Crippen molar-refractivity contribution in [3.63, 3.8) is 0 Å². The van der Waals surface area contributed by atoms with Gasteiger partial charge in [0.25, 0.3) is 5.08 Å². The van der Waals surface area contributed by atoms with Crippen LogP contribution in [0.25, 0.3) is 0 Å². The molecule has 0 aromatic heterocycles. The summed E-state index contributed by atoms with van der Waals surface area (Å²) in [5.41, 5.74) is 5.27. The van der Waals surface area contributed by atoms with Crippen LogP contribution in [0.4, 0.5) is 0 Å². The summed E-state index contributed by atoms with van der Waals surface area (Å²) >= 11 is 0. The minimum absolute atomic E-state index is 0.118. The van der Waals surface area contributed by atoms with Crippen LogP contribution in [0.3, 0.4) is 0 Å². The van der Waals surface area contributed by atoms with Gasteiger partial charge in [-0.1, -0.05) is 0 Å². The predicted molar refractivity (Wildman–Crippen MR) is 51.9 cm³/mol. The van der Waals surface area contributed by atoms with Crippen LogP contribution in [0.15, 0.2) is 0 Å². The van der Waals surface area contributed by atoms with Gasteiger partial charge in [-0.25, -0.2) is 0 Å². The van der Waals surface area contributed by atoms with E-state index in [4.69, 9.17) is 25.3 Å². The van der Waals surface area contributed by atoms with Gasteiger partial charge in [-0.05, 0) is 13.3 Å². The van der Waals surface area contributed by atoms with E-state index < -0.39 is 32.7 Å². The predicted octanol–water partition coefficient (Wildman–Crippen LogP) is -0.885. The lowest BCUT2D eigenvalue weighted by Gasteiger charge is -2.29. The lowest BCUT2D eigenvalue weighted by atomic mass is 10.2. The first kappa shape index (κ1) is 15.2. The third-order valence-corrected chi connectivity index (χ3v) is 5.74. The molecule has 0 amide bonds. The first-order valence-corrected chi connectivity index (χ1v) is 7.23. The number of nitrogens with two attached hydrogens (primary N) is 1. The first-order valence-electron chi connectivity index (χ1n) is 4.01. The zero-order valence-electron chi connectivity index (χ0n) is 8.02. The molecular weight excluding hydrogens is 248 g/mol. The van der Waals surface area contributed by atoms with Gasteiger partial charge in [-0.3, -0.25) is 9.13 Å². The Bertz CT molecular complexity index is 283. The minimum atomic E-state index is -5.33. The molecule has 0 saturated carbocycles. The maximum Gasteiger partial charge on any atom is 0.369 e. The molecule has 0 bridgehead atoms. The van der Waals surface area contributed by atoms with Gasteiger partial charge in [0.2, 0.25) is 0 Å². The fourth-order valence-electron chi connectivity index (χ4n) is 0.882. The lowest BCUT2D eigenvalue weighted by molar-refractivity contribution is 0.119. The molecule has 0 rings (SSSR count). The molecule has 0 heterocycles. The normalized spacial score (nSPS) is 16.5. The quantitative estimate of drug-likeness (QED) is 0.348. The van der Waals surface area contributed by atoms with E-state index in [1.165, 1.54) is 6.92 Å². The molecule has 0 spiro atoms. The van der Waals surface area contributed by atoms with Gasteiger partial charge in [0, 0.05) is 12.5 Å². The largest absolute Gasteiger partial charge is 0.369 e. The monoisotopic (exact) mass is 263 g/mol. The van der Waals surface area contributed by atoms with Gasteiger partial charge in [-0.2, -0.15) is 0 Å². The van der Waals surface area contributed by atoms with E-state index in [0.717, 1.165) is 0 Å². The molecule has 10 heteroatoms. The van der Waals surface area contributed by atoms with Crippen LogP contribution < -0.4 is 5.73 Å². The van der Waals surface area contributed by atoms with Gasteiger partial charge < -0.3 is 30.4 Å². The topological polar surface area (TPSA) is 161 Å². The van der Waals surface area contributed by atoms with Gasteiger partial charge in [0.05, 0.1) is 0 Å². The molecule has 1 atom stereocenters. The average molecular weight is 263 g/mol. The summed E-state index contributed by atoms with van der Waals surface area (Å²) in [5.74, 6) is 0. The van der Waals surface area contributed by atoms with E-state index in [2.05, 4.69) is 0 Å². The molecule has 0 radical (unpaired) electrons. The number of hydrogen-bond donors (Lipinski definition) is 6. The summed E-state index contributed by atoms with van der Waals surface area (Å²) in [4.78, 5) is 34.9. The Balaban J connectivity index is 5.08. The van der Waals surface area contributed by atoms with Crippen molar-refractivity contribution < 1.29 is 33.8 Å². The minimum Gasteiger partial charge on any atom is -0.368 e. The molecular formula is C5H15NO7P2. The summed E-state index contributed by atoms with van der Waals surface area (Å²) in [5, 5.41) is 6.01. The van der Waals surface area contributed by atoms with Crippen LogP contribution in [0.5, 0.6) is 0 Å². The summed E-state index contributed by atoms with van der Waals surface area (Å²) in [7, 11) is -10.7. The summed E-state index contributed by atoms with van der Waals surface area (Å²) in [6.07, 6.45) is -0.883. The molecule has 92 valence electrons. The fraction of sp³-hybridized carbons (Fsp3) is 1.00. The maximum atomic E-state index is 10.8. The maximum absolute atomic E-state index is 10.8. The molecule has 0 aromatic rings. The standard InChI is InChI=1S/C5H15NO7P2/c1-4(6)2-3-5(7,14(8,9)10)15(11,12)13/h4,7H,2-3,6H2,1H3,(H2,8,9,10)(H2,11,12,13). The van der Waals surface area contributed by atoms with Crippen molar-refractivity contribution in [2.45, 2.75) is 30.9 Å². The summed E-state index contributed by atoms with van der Waals surface area (Å²) in [6.45, 7) is 1.49. The molecule has 0 aliphatic carbocycles. The highest BCUT2D eigenvalue weighted by Gasteiger charge is 2.58. The van der Waals surface area contributed by atoms with Gasteiger partial charge in [-0.15, -0.1) is 0 Å². The van der Waals surface area contributed by atoms with E-state index in [0.29, 0.717) is 0 Å². The van der Waals surface area contributed by atoms with Crippen molar-refractivity contribution in [3.8, 4) is 0 Å². The molecule has 7 N–H and O–H groups in total. The third kappa shape index (κ3) is 3.62. The van der Waals surface area contributed by atoms with Crippen molar-refractivity contribution >= 4 is 15.2 Å². The van der Waals surface area contributed by atoms with Crippen LogP contribution in [-0.2, 0) is 9.13 Å². The van der Waals surface area contributed by atoms with Crippen LogP contribution in [0.2, 0.25) is 0 Å². The van der Waals surface area contributed by atoms with Crippen molar-refractivity contribution in [2.75, 3.05) is 0 Å². The molecule has 0 saturated heterocycles. The Hall–Kier alpha value is 0.220. The zero-order valence-corrected chi connectivity index (χ0v) is 9.80. The Labute approximate surface area is 86.4 Å². The van der Waals surface area contributed by atoms with E-state index in [1.807, 2.05) is 0 Å². The van der Waals surface area contributed by atoms with E-state index >= 15 is 0 Å². The molecule has 0 aliphatic rings. The summed E-state index contributed by atoms with van der Waals surface area (Å²) in [6, 6.07) is -0.533. The van der Waals surface area contributed by atoms with E-state index in [-0.39, 0.29) is 6.42 Å². The SMILES string of the molecule is CC(N)CCC(O)(P(=O)(O)O)P(=O)(O)O. The van der Waals surface area contributed by atoms with Gasteiger partial charge >= 0.3 is 15.2 Å². The molecule has 0 aromatic carbocycles. The van der Waals surface area contributed by atoms with E-state index in [9.17, 15) is 14.2 Å². The Morgan fingerprint density at radius 3 is 1.73 bits per heavy atom. The Kier molecular flexibility index (Phi) is 4.68. The van der Waals surface area contributed by atoms with Crippen molar-refractivity contribution in [3.05, 3.63) is 0 Å². The van der Waals surface area contributed by atoms with Crippen molar-refractivity contribution in [1.29, 1.82) is 0 Å². The van der Waals surface area contributed by atoms with Crippen LogP contribution >= 0.6 is 15.2 Å². The van der Waals surface area contributed by atoms with Crippen LogP contribution in [0, 0.1) is 0 Å². The molecule has 0 aliphatic heterocycles. The van der Waals surface area contributed by atoms with E-state index in [1.54, 1.807) is 0 Å². The molecule has 15 heavy (non-hydrogen) atoms. The average Bonchev–Trinajstić information content (AvgIpc) is 1.95. The van der Waals surface area contributed by atoms with Gasteiger partial charge in [0.15, 0.2) is 0 Å². The Morgan fingerprint density at radius 1 is 1.20 bits per heavy atom. The molecule has 8 nitrogen and oxygen atoms in total. The summed E-state index contributed by atoms with van der Waals surface area (Å²) < 4.78 is 21.6. The van der Waals surface area contributed by atoms with Crippen LogP contribution in [-0.4, -0.2) is 35.8 Å². The zero-order chi connectivity index (χ0) is 12.5. The second-order valence-corrected chi connectivity index (χ2v) is 7.39. The number of hydrogen-bond acceptors (Lipinski definition) is 4. The van der Waals surface area contributed by atoms with Gasteiger partial charge in [0.1, 0.15) is 0 Å². The second kappa shape index (κ2) is 4.61. The fourth-order valence-corrected chi connectivity index (χ4v) is 3.08. The smallest absolute Gasteiger partial charge is 0.368 e. The van der Waals surface area contributed by atoms with Crippen LogP contribution in [0.1, 0.15) is 19.8 Å². The number of rotatable bonds is 5. The second-order valence-electron chi connectivity index (χ2n) is 3.38. The third-order valence-electron chi connectivity index (χ3n) is 1.87. The molecule has 0 fully saturated rings. The first-order chi connectivity index (χ1) is 6.42. The highest BCUT2D eigenvalue weighted by molar-refractivity contribution is 7.72.